The van der Waals surface area contributed by atoms with Crippen LogP contribution in [0.2, 0.25) is 0 Å². The summed E-state index contributed by atoms with van der Waals surface area (Å²) < 4.78 is 0. The van der Waals surface area contributed by atoms with Gasteiger partial charge in [0.05, 0.1) is 16.9 Å². The maximum Gasteiger partial charge on any atom is 0.272 e. The monoisotopic (exact) mass is 247 g/mol. The second kappa shape index (κ2) is 6.72. The van der Waals surface area contributed by atoms with Gasteiger partial charge in [-0.15, -0.1) is 0 Å². The van der Waals surface area contributed by atoms with Crippen LogP contribution in [0.5, 0.6) is 0 Å². The Labute approximate surface area is 107 Å². The SMILES string of the molecule is CC(C#N)CN(C)CCc1ccccc1[N+](=O)[O-]. The Kier molecular flexibility index (Phi) is 5.28. The van der Waals surface area contributed by atoms with Crippen molar-refractivity contribution < 1.29 is 4.92 Å². The number of likely N-dealkylation sites (N-methyl/N-ethyl adjacent to an activating group) is 1. The second-order valence-corrected chi connectivity index (χ2v) is 4.43. The Hall–Kier alpha value is -1.93. The van der Waals surface area contributed by atoms with E-state index in [-0.39, 0.29) is 16.5 Å². The summed E-state index contributed by atoms with van der Waals surface area (Å²) in [4.78, 5) is 12.5. The van der Waals surface area contributed by atoms with Gasteiger partial charge < -0.3 is 4.90 Å². The van der Waals surface area contributed by atoms with E-state index in [2.05, 4.69) is 6.07 Å². The van der Waals surface area contributed by atoms with E-state index < -0.39 is 0 Å². The summed E-state index contributed by atoms with van der Waals surface area (Å²) in [5.74, 6) is -0.0271. The summed E-state index contributed by atoms with van der Waals surface area (Å²) in [6.45, 7) is 3.25. The first kappa shape index (κ1) is 14.1. The first-order chi connectivity index (χ1) is 8.54. The number of nitrogens with zero attached hydrogens (tertiary/aromatic N) is 3. The molecule has 0 heterocycles. The maximum atomic E-state index is 10.8. The van der Waals surface area contributed by atoms with Gasteiger partial charge in [-0.2, -0.15) is 5.26 Å². The third kappa shape index (κ3) is 4.15. The molecular formula is C13H17N3O2. The van der Waals surface area contributed by atoms with Crippen LogP contribution >= 0.6 is 0 Å². The van der Waals surface area contributed by atoms with Crippen LogP contribution in [0.25, 0.3) is 0 Å². The smallest absolute Gasteiger partial charge is 0.272 e. The molecule has 1 aromatic carbocycles. The summed E-state index contributed by atoms with van der Waals surface area (Å²) in [6.07, 6.45) is 0.617. The van der Waals surface area contributed by atoms with Crippen molar-refractivity contribution in [3.63, 3.8) is 0 Å². The van der Waals surface area contributed by atoms with Gasteiger partial charge in [-0.25, -0.2) is 0 Å². The molecular weight excluding hydrogens is 230 g/mol. The summed E-state index contributed by atoms with van der Waals surface area (Å²) in [7, 11) is 1.92. The lowest BCUT2D eigenvalue weighted by molar-refractivity contribution is -0.385. The number of hydrogen-bond acceptors (Lipinski definition) is 4. The van der Waals surface area contributed by atoms with Gasteiger partial charge in [-0.3, -0.25) is 10.1 Å². The van der Waals surface area contributed by atoms with Crippen molar-refractivity contribution in [2.75, 3.05) is 20.1 Å². The Morgan fingerprint density at radius 1 is 1.50 bits per heavy atom. The minimum Gasteiger partial charge on any atom is -0.305 e. The molecule has 0 fully saturated rings. The molecule has 0 bridgehead atoms. The Bertz CT molecular complexity index is 454. The van der Waals surface area contributed by atoms with Crippen molar-refractivity contribution in [2.24, 2.45) is 5.92 Å². The highest BCUT2D eigenvalue weighted by atomic mass is 16.6. The Balaban J connectivity index is 2.59. The standard InChI is InChI=1S/C13H17N3O2/c1-11(9-14)10-15(2)8-7-12-5-3-4-6-13(12)16(17)18/h3-6,11H,7-8,10H2,1-2H3. The minimum absolute atomic E-state index is 0.0271. The predicted molar refractivity (Wildman–Crippen MR) is 69.1 cm³/mol. The zero-order valence-corrected chi connectivity index (χ0v) is 10.7. The highest BCUT2D eigenvalue weighted by Crippen LogP contribution is 2.18. The molecule has 0 aliphatic carbocycles. The van der Waals surface area contributed by atoms with E-state index in [1.807, 2.05) is 18.9 Å². The van der Waals surface area contributed by atoms with E-state index in [9.17, 15) is 10.1 Å². The molecule has 0 aliphatic heterocycles. The minimum atomic E-state index is -0.354. The Morgan fingerprint density at radius 3 is 2.78 bits per heavy atom. The normalized spacial score (nSPS) is 12.1. The number of nitriles is 1. The molecule has 1 aromatic rings. The van der Waals surface area contributed by atoms with E-state index >= 15 is 0 Å². The van der Waals surface area contributed by atoms with Crippen molar-refractivity contribution in [3.05, 3.63) is 39.9 Å². The van der Waals surface area contributed by atoms with Gasteiger partial charge in [0, 0.05) is 24.7 Å². The van der Waals surface area contributed by atoms with E-state index in [1.165, 1.54) is 6.07 Å². The van der Waals surface area contributed by atoms with Crippen molar-refractivity contribution in [2.45, 2.75) is 13.3 Å². The molecule has 1 rings (SSSR count). The molecule has 0 aromatic heterocycles. The van der Waals surface area contributed by atoms with Crippen molar-refractivity contribution in [1.82, 2.24) is 4.90 Å². The highest BCUT2D eigenvalue weighted by Gasteiger charge is 2.13. The van der Waals surface area contributed by atoms with Crippen LogP contribution < -0.4 is 0 Å². The molecule has 0 saturated carbocycles. The fourth-order valence-electron chi connectivity index (χ4n) is 1.81. The molecule has 1 atom stereocenters. The zero-order valence-electron chi connectivity index (χ0n) is 10.7. The number of para-hydroxylation sites is 1. The van der Waals surface area contributed by atoms with Crippen LogP contribution in [0.4, 0.5) is 5.69 Å². The summed E-state index contributed by atoms with van der Waals surface area (Å²) >= 11 is 0. The number of rotatable bonds is 6. The van der Waals surface area contributed by atoms with Crippen LogP contribution in [0.1, 0.15) is 12.5 Å². The number of hydrogen-bond donors (Lipinski definition) is 0. The average molecular weight is 247 g/mol. The van der Waals surface area contributed by atoms with Crippen LogP contribution in [-0.4, -0.2) is 30.0 Å². The molecule has 0 radical (unpaired) electrons. The summed E-state index contributed by atoms with van der Waals surface area (Å²) in [5, 5.41) is 19.6. The second-order valence-electron chi connectivity index (χ2n) is 4.43. The van der Waals surface area contributed by atoms with Gasteiger partial charge in [0.15, 0.2) is 0 Å². The number of nitro groups is 1. The molecule has 0 aliphatic rings. The van der Waals surface area contributed by atoms with E-state index in [0.29, 0.717) is 19.5 Å². The molecule has 1 unspecified atom stereocenters. The molecule has 18 heavy (non-hydrogen) atoms. The van der Waals surface area contributed by atoms with Gasteiger partial charge >= 0.3 is 0 Å². The predicted octanol–water partition coefficient (Wildman–Crippen LogP) is 2.23. The van der Waals surface area contributed by atoms with E-state index in [1.54, 1.807) is 18.2 Å². The number of benzene rings is 1. The molecule has 5 heteroatoms. The van der Waals surface area contributed by atoms with Gasteiger partial charge in [-0.05, 0) is 20.4 Å². The lowest BCUT2D eigenvalue weighted by Gasteiger charge is -2.17. The van der Waals surface area contributed by atoms with Crippen LogP contribution in [0.3, 0.4) is 0 Å². The van der Waals surface area contributed by atoms with Crippen molar-refractivity contribution >= 4 is 5.69 Å². The van der Waals surface area contributed by atoms with Gasteiger partial charge in [0.25, 0.3) is 5.69 Å². The molecule has 0 N–H and O–H groups in total. The quantitative estimate of drug-likeness (QED) is 0.571. The molecule has 0 spiro atoms. The first-order valence-corrected chi connectivity index (χ1v) is 5.85. The third-order valence-electron chi connectivity index (χ3n) is 2.76. The van der Waals surface area contributed by atoms with Gasteiger partial charge in [-0.1, -0.05) is 18.2 Å². The lowest BCUT2D eigenvalue weighted by atomic mass is 10.1. The van der Waals surface area contributed by atoms with E-state index in [4.69, 9.17) is 5.26 Å². The highest BCUT2D eigenvalue weighted by molar-refractivity contribution is 5.39. The average Bonchev–Trinajstić information content (AvgIpc) is 2.36. The van der Waals surface area contributed by atoms with Crippen molar-refractivity contribution in [1.29, 1.82) is 5.26 Å². The fourth-order valence-corrected chi connectivity index (χ4v) is 1.81. The van der Waals surface area contributed by atoms with Crippen LogP contribution in [-0.2, 0) is 6.42 Å². The van der Waals surface area contributed by atoms with E-state index in [0.717, 1.165) is 5.56 Å². The van der Waals surface area contributed by atoms with Crippen LogP contribution in [0.15, 0.2) is 24.3 Å². The van der Waals surface area contributed by atoms with Crippen molar-refractivity contribution in [3.8, 4) is 6.07 Å². The fraction of sp³-hybridized carbons (Fsp3) is 0.462. The van der Waals surface area contributed by atoms with Crippen LogP contribution in [0, 0.1) is 27.4 Å². The first-order valence-electron chi connectivity index (χ1n) is 5.85. The van der Waals surface area contributed by atoms with Gasteiger partial charge in [0.2, 0.25) is 0 Å². The Morgan fingerprint density at radius 2 is 2.17 bits per heavy atom. The largest absolute Gasteiger partial charge is 0.305 e. The number of nitro benzene ring substituents is 1. The molecule has 96 valence electrons. The molecule has 5 nitrogen and oxygen atoms in total. The lowest BCUT2D eigenvalue weighted by Crippen LogP contribution is -2.26. The molecule has 0 amide bonds. The zero-order chi connectivity index (χ0) is 13.5. The molecule has 0 saturated heterocycles. The summed E-state index contributed by atoms with van der Waals surface area (Å²) in [5.41, 5.74) is 0.901. The topological polar surface area (TPSA) is 70.2 Å². The third-order valence-corrected chi connectivity index (χ3v) is 2.76. The summed E-state index contributed by atoms with van der Waals surface area (Å²) in [6, 6.07) is 8.95. The van der Waals surface area contributed by atoms with Gasteiger partial charge in [0.1, 0.15) is 0 Å². The maximum absolute atomic E-state index is 10.8.